The molecule has 10 heavy (non-hydrogen) atoms. The molecule has 0 aromatic rings. The Kier molecular flexibility index (Phi) is 2.66. The standard InChI is InChI=1S/C8H13NO/c1-2-8(10)9-6-4-3-5-7-9/h2-4,8,10H,1,5-7H2. The summed E-state index contributed by atoms with van der Waals surface area (Å²) in [7, 11) is 0. The van der Waals surface area contributed by atoms with E-state index < -0.39 is 6.23 Å². The van der Waals surface area contributed by atoms with E-state index in [1.54, 1.807) is 6.08 Å². The lowest BCUT2D eigenvalue weighted by Gasteiger charge is -2.25. The monoisotopic (exact) mass is 139 g/mol. The van der Waals surface area contributed by atoms with Gasteiger partial charge in [-0.25, -0.2) is 0 Å². The fourth-order valence-electron chi connectivity index (χ4n) is 1.05. The fraction of sp³-hybridized carbons (Fsp3) is 0.500. The minimum Gasteiger partial charge on any atom is -0.375 e. The van der Waals surface area contributed by atoms with Crippen LogP contribution in [0.1, 0.15) is 6.42 Å². The first-order chi connectivity index (χ1) is 4.84. The van der Waals surface area contributed by atoms with Crippen molar-refractivity contribution in [3.8, 4) is 0 Å². The zero-order chi connectivity index (χ0) is 7.40. The first-order valence-electron chi connectivity index (χ1n) is 3.54. The summed E-state index contributed by atoms with van der Waals surface area (Å²) in [5, 5.41) is 9.26. The Labute approximate surface area is 61.5 Å². The molecule has 1 unspecified atom stereocenters. The highest BCUT2D eigenvalue weighted by atomic mass is 16.3. The number of hydrogen-bond donors (Lipinski definition) is 1. The number of aliphatic hydroxyl groups excluding tert-OH is 1. The molecule has 0 bridgehead atoms. The van der Waals surface area contributed by atoms with E-state index in [0.717, 1.165) is 19.5 Å². The maximum atomic E-state index is 9.26. The van der Waals surface area contributed by atoms with Crippen LogP contribution in [-0.4, -0.2) is 29.3 Å². The minimum absolute atomic E-state index is 0.468. The maximum Gasteiger partial charge on any atom is 0.126 e. The molecular weight excluding hydrogens is 126 g/mol. The smallest absolute Gasteiger partial charge is 0.126 e. The number of nitrogens with zero attached hydrogens (tertiary/aromatic N) is 1. The van der Waals surface area contributed by atoms with Crippen LogP contribution in [0.3, 0.4) is 0 Å². The van der Waals surface area contributed by atoms with Crippen LogP contribution in [0.5, 0.6) is 0 Å². The summed E-state index contributed by atoms with van der Waals surface area (Å²) in [5.41, 5.74) is 0. The number of hydrogen-bond acceptors (Lipinski definition) is 2. The van der Waals surface area contributed by atoms with Crippen LogP contribution < -0.4 is 0 Å². The average molecular weight is 139 g/mol. The normalized spacial score (nSPS) is 22.5. The Bertz CT molecular complexity index is 142. The summed E-state index contributed by atoms with van der Waals surface area (Å²) in [5.74, 6) is 0. The van der Waals surface area contributed by atoms with E-state index >= 15 is 0 Å². The summed E-state index contributed by atoms with van der Waals surface area (Å²) in [4.78, 5) is 1.97. The second-order valence-electron chi connectivity index (χ2n) is 2.40. The minimum atomic E-state index is -0.468. The van der Waals surface area contributed by atoms with Crippen LogP contribution in [0.25, 0.3) is 0 Å². The highest BCUT2D eigenvalue weighted by molar-refractivity contribution is 4.93. The van der Waals surface area contributed by atoms with Gasteiger partial charge in [-0.05, 0) is 12.5 Å². The van der Waals surface area contributed by atoms with Crippen molar-refractivity contribution in [3.63, 3.8) is 0 Å². The van der Waals surface area contributed by atoms with E-state index in [0.29, 0.717) is 0 Å². The van der Waals surface area contributed by atoms with Crippen molar-refractivity contribution in [1.82, 2.24) is 4.90 Å². The van der Waals surface area contributed by atoms with Gasteiger partial charge in [0.1, 0.15) is 6.23 Å². The molecule has 0 radical (unpaired) electrons. The van der Waals surface area contributed by atoms with E-state index in [-0.39, 0.29) is 0 Å². The molecule has 0 saturated heterocycles. The van der Waals surface area contributed by atoms with Gasteiger partial charge in [0.15, 0.2) is 0 Å². The lowest BCUT2D eigenvalue weighted by atomic mass is 10.2. The third kappa shape index (κ3) is 1.69. The Hall–Kier alpha value is -0.600. The first-order valence-corrected chi connectivity index (χ1v) is 3.54. The topological polar surface area (TPSA) is 23.5 Å². The van der Waals surface area contributed by atoms with Gasteiger partial charge in [-0.3, -0.25) is 4.90 Å². The molecule has 0 aliphatic carbocycles. The summed E-state index contributed by atoms with van der Waals surface area (Å²) in [6.45, 7) is 5.29. The van der Waals surface area contributed by atoms with Crippen molar-refractivity contribution in [2.24, 2.45) is 0 Å². The SMILES string of the molecule is C=CC(O)N1CC=CCC1. The quantitative estimate of drug-likeness (QED) is 0.571. The largest absolute Gasteiger partial charge is 0.375 e. The van der Waals surface area contributed by atoms with Gasteiger partial charge in [0.2, 0.25) is 0 Å². The Morgan fingerprint density at radius 3 is 2.90 bits per heavy atom. The van der Waals surface area contributed by atoms with Gasteiger partial charge < -0.3 is 5.11 Å². The van der Waals surface area contributed by atoms with E-state index in [2.05, 4.69) is 18.7 Å². The molecule has 1 N–H and O–H groups in total. The molecule has 56 valence electrons. The van der Waals surface area contributed by atoms with Crippen LogP contribution in [0.4, 0.5) is 0 Å². The predicted octanol–water partition coefficient (Wildman–Crippen LogP) is 0.753. The molecule has 0 saturated carbocycles. The molecule has 0 amide bonds. The summed E-state index contributed by atoms with van der Waals surface area (Å²) in [6.07, 6.45) is 6.32. The Morgan fingerprint density at radius 1 is 1.60 bits per heavy atom. The zero-order valence-electron chi connectivity index (χ0n) is 6.03. The predicted molar refractivity (Wildman–Crippen MR) is 41.5 cm³/mol. The zero-order valence-corrected chi connectivity index (χ0v) is 6.03. The molecule has 1 rings (SSSR count). The van der Waals surface area contributed by atoms with Crippen LogP contribution in [-0.2, 0) is 0 Å². The Balaban J connectivity index is 2.40. The van der Waals surface area contributed by atoms with Crippen molar-refractivity contribution >= 4 is 0 Å². The van der Waals surface area contributed by atoms with Gasteiger partial charge in [-0.2, -0.15) is 0 Å². The molecule has 1 aliphatic heterocycles. The van der Waals surface area contributed by atoms with Gasteiger partial charge in [-0.15, -0.1) is 0 Å². The first kappa shape index (κ1) is 7.51. The van der Waals surface area contributed by atoms with Crippen molar-refractivity contribution in [3.05, 3.63) is 24.8 Å². The van der Waals surface area contributed by atoms with Crippen molar-refractivity contribution in [1.29, 1.82) is 0 Å². The molecule has 0 aromatic heterocycles. The van der Waals surface area contributed by atoms with Crippen LogP contribution in [0.2, 0.25) is 0 Å². The molecule has 0 aromatic carbocycles. The van der Waals surface area contributed by atoms with Gasteiger partial charge in [0, 0.05) is 13.1 Å². The molecular formula is C8H13NO. The van der Waals surface area contributed by atoms with Gasteiger partial charge in [0.05, 0.1) is 0 Å². The van der Waals surface area contributed by atoms with Crippen molar-refractivity contribution in [2.45, 2.75) is 12.6 Å². The molecule has 0 spiro atoms. The molecule has 1 aliphatic rings. The third-order valence-electron chi connectivity index (χ3n) is 1.67. The van der Waals surface area contributed by atoms with E-state index in [4.69, 9.17) is 0 Å². The molecule has 0 fully saturated rings. The van der Waals surface area contributed by atoms with Crippen LogP contribution in [0.15, 0.2) is 24.8 Å². The second kappa shape index (κ2) is 3.54. The molecule has 2 heteroatoms. The maximum absolute atomic E-state index is 9.26. The van der Waals surface area contributed by atoms with Crippen LogP contribution in [0, 0.1) is 0 Å². The van der Waals surface area contributed by atoms with E-state index in [1.165, 1.54) is 0 Å². The summed E-state index contributed by atoms with van der Waals surface area (Å²) >= 11 is 0. The van der Waals surface area contributed by atoms with Crippen molar-refractivity contribution < 1.29 is 5.11 Å². The second-order valence-corrected chi connectivity index (χ2v) is 2.40. The molecule has 1 atom stereocenters. The lowest BCUT2D eigenvalue weighted by molar-refractivity contribution is 0.0497. The summed E-state index contributed by atoms with van der Waals surface area (Å²) in [6, 6.07) is 0. The highest BCUT2D eigenvalue weighted by Gasteiger charge is 2.11. The average Bonchev–Trinajstić information content (AvgIpc) is 2.05. The fourth-order valence-corrected chi connectivity index (χ4v) is 1.05. The number of rotatable bonds is 2. The van der Waals surface area contributed by atoms with Gasteiger partial charge in [-0.1, -0.05) is 18.7 Å². The van der Waals surface area contributed by atoms with E-state index in [9.17, 15) is 5.11 Å². The molecule has 1 heterocycles. The van der Waals surface area contributed by atoms with Gasteiger partial charge in [0.25, 0.3) is 0 Å². The Morgan fingerprint density at radius 2 is 2.40 bits per heavy atom. The van der Waals surface area contributed by atoms with E-state index in [1.807, 2.05) is 4.90 Å². The lowest BCUT2D eigenvalue weighted by Crippen LogP contribution is -2.35. The summed E-state index contributed by atoms with van der Waals surface area (Å²) < 4.78 is 0. The highest BCUT2D eigenvalue weighted by Crippen LogP contribution is 2.04. The van der Waals surface area contributed by atoms with Gasteiger partial charge >= 0.3 is 0 Å². The third-order valence-corrected chi connectivity index (χ3v) is 1.67. The van der Waals surface area contributed by atoms with Crippen LogP contribution >= 0.6 is 0 Å². The number of aliphatic hydroxyl groups is 1. The van der Waals surface area contributed by atoms with Crippen molar-refractivity contribution in [2.75, 3.05) is 13.1 Å². The molecule has 2 nitrogen and oxygen atoms in total.